The molecule has 3 rings (SSSR count). The van der Waals surface area contributed by atoms with Crippen LogP contribution in [0, 0.1) is 11.8 Å². The van der Waals surface area contributed by atoms with Crippen molar-refractivity contribution in [1.29, 1.82) is 0 Å². The molecule has 2 nitrogen and oxygen atoms in total. The Morgan fingerprint density at radius 1 is 1.44 bits per heavy atom. The summed E-state index contributed by atoms with van der Waals surface area (Å²) in [6, 6.07) is 0. The molecule has 0 radical (unpaired) electrons. The standard InChI is InChI=1S/C7H12O2/c1-7(9)5-2-4(3-5)6(7)8/h4-6,8-9H,2-3H2,1H3. The van der Waals surface area contributed by atoms with E-state index < -0.39 is 11.7 Å². The van der Waals surface area contributed by atoms with Crippen LogP contribution in [0.15, 0.2) is 0 Å². The van der Waals surface area contributed by atoms with Gasteiger partial charge in [0.05, 0.1) is 11.7 Å². The second-order valence-corrected chi connectivity index (χ2v) is 3.60. The Balaban J connectivity index is 2.26. The summed E-state index contributed by atoms with van der Waals surface area (Å²) >= 11 is 0. The van der Waals surface area contributed by atoms with Gasteiger partial charge in [0.15, 0.2) is 0 Å². The van der Waals surface area contributed by atoms with Crippen LogP contribution in [0.3, 0.4) is 0 Å². The fraction of sp³-hybridized carbons (Fsp3) is 1.00. The number of rotatable bonds is 0. The molecule has 0 aromatic heterocycles. The average Bonchev–Trinajstić information content (AvgIpc) is 1.84. The van der Waals surface area contributed by atoms with Crippen LogP contribution in [0.2, 0.25) is 0 Å². The smallest absolute Gasteiger partial charge is 0.0908 e. The third-order valence-electron chi connectivity index (χ3n) is 3.05. The molecule has 3 fully saturated rings. The lowest BCUT2D eigenvalue weighted by molar-refractivity contribution is -0.0456. The van der Waals surface area contributed by atoms with E-state index in [1.165, 1.54) is 0 Å². The van der Waals surface area contributed by atoms with Gasteiger partial charge < -0.3 is 10.2 Å². The number of hydrogen-bond donors (Lipinski definition) is 2. The largest absolute Gasteiger partial charge is 0.390 e. The van der Waals surface area contributed by atoms with E-state index in [4.69, 9.17) is 0 Å². The lowest BCUT2D eigenvalue weighted by atomic mass is 9.82. The van der Waals surface area contributed by atoms with E-state index in [2.05, 4.69) is 0 Å². The minimum atomic E-state index is -0.759. The zero-order valence-corrected chi connectivity index (χ0v) is 5.54. The Hall–Kier alpha value is -0.0800. The van der Waals surface area contributed by atoms with Crippen molar-refractivity contribution in [3.63, 3.8) is 0 Å². The van der Waals surface area contributed by atoms with Crippen molar-refractivity contribution in [1.82, 2.24) is 0 Å². The van der Waals surface area contributed by atoms with Gasteiger partial charge in [-0.2, -0.15) is 0 Å². The molecule has 3 aliphatic carbocycles. The maximum absolute atomic E-state index is 9.52. The van der Waals surface area contributed by atoms with Crippen LogP contribution >= 0.6 is 0 Å². The van der Waals surface area contributed by atoms with Gasteiger partial charge in [-0.25, -0.2) is 0 Å². The minimum Gasteiger partial charge on any atom is -0.390 e. The van der Waals surface area contributed by atoms with Gasteiger partial charge >= 0.3 is 0 Å². The van der Waals surface area contributed by atoms with Crippen LogP contribution in [-0.2, 0) is 0 Å². The molecule has 2 atom stereocenters. The highest BCUT2D eigenvalue weighted by Crippen LogP contribution is 2.54. The quantitative estimate of drug-likeness (QED) is 0.487. The van der Waals surface area contributed by atoms with Crippen molar-refractivity contribution in [2.45, 2.75) is 31.5 Å². The Labute approximate surface area is 54.5 Å². The van der Waals surface area contributed by atoms with Gasteiger partial charge in [-0.1, -0.05) is 0 Å². The lowest BCUT2D eigenvalue weighted by Gasteiger charge is -2.26. The van der Waals surface area contributed by atoms with E-state index in [9.17, 15) is 10.2 Å². The molecule has 2 heteroatoms. The van der Waals surface area contributed by atoms with Crippen LogP contribution in [0.1, 0.15) is 19.8 Å². The summed E-state index contributed by atoms with van der Waals surface area (Å²) in [5.41, 5.74) is -0.759. The van der Waals surface area contributed by atoms with Crippen LogP contribution in [0.4, 0.5) is 0 Å². The lowest BCUT2D eigenvalue weighted by Crippen LogP contribution is -2.35. The summed E-state index contributed by atoms with van der Waals surface area (Å²) in [5.74, 6) is 0.794. The van der Waals surface area contributed by atoms with Gasteiger partial charge in [0.1, 0.15) is 0 Å². The molecule has 52 valence electrons. The summed E-state index contributed by atoms with van der Waals surface area (Å²) in [7, 11) is 0. The molecule has 9 heavy (non-hydrogen) atoms. The number of hydrogen-bond acceptors (Lipinski definition) is 2. The van der Waals surface area contributed by atoms with Gasteiger partial charge in [-0.3, -0.25) is 0 Å². The predicted molar refractivity (Wildman–Crippen MR) is 32.8 cm³/mol. The monoisotopic (exact) mass is 128 g/mol. The van der Waals surface area contributed by atoms with E-state index in [0.717, 1.165) is 12.8 Å². The maximum atomic E-state index is 9.52. The van der Waals surface area contributed by atoms with Crippen molar-refractivity contribution in [2.75, 3.05) is 0 Å². The van der Waals surface area contributed by atoms with E-state index in [1.807, 2.05) is 0 Å². The molecule has 2 bridgehead atoms. The van der Waals surface area contributed by atoms with E-state index in [0.29, 0.717) is 11.8 Å². The Morgan fingerprint density at radius 3 is 2.11 bits per heavy atom. The molecule has 0 aromatic carbocycles. The Bertz CT molecular complexity index is 136. The van der Waals surface area contributed by atoms with Crippen LogP contribution in [-0.4, -0.2) is 21.9 Å². The van der Waals surface area contributed by atoms with Gasteiger partial charge in [0, 0.05) is 0 Å². The summed E-state index contributed by atoms with van der Waals surface area (Å²) in [5, 5.41) is 18.8. The van der Waals surface area contributed by atoms with Crippen molar-refractivity contribution >= 4 is 0 Å². The molecule has 2 unspecified atom stereocenters. The topological polar surface area (TPSA) is 40.5 Å². The molecule has 3 aliphatic rings. The number of aliphatic hydroxyl groups excluding tert-OH is 1. The molecule has 0 amide bonds. The highest BCUT2D eigenvalue weighted by Gasteiger charge is 2.58. The second kappa shape index (κ2) is 1.32. The third kappa shape index (κ3) is 0.485. The Kier molecular flexibility index (Phi) is 0.837. The third-order valence-corrected chi connectivity index (χ3v) is 3.05. The van der Waals surface area contributed by atoms with Crippen molar-refractivity contribution in [2.24, 2.45) is 11.8 Å². The molecule has 0 spiro atoms. The first-order chi connectivity index (χ1) is 4.12. The van der Waals surface area contributed by atoms with Gasteiger partial charge in [0.25, 0.3) is 0 Å². The summed E-state index contributed by atoms with van der Waals surface area (Å²) in [4.78, 5) is 0. The molecule has 0 saturated heterocycles. The second-order valence-electron chi connectivity index (χ2n) is 3.60. The fourth-order valence-electron chi connectivity index (χ4n) is 2.12. The summed E-state index contributed by atoms with van der Waals surface area (Å²) in [6.45, 7) is 1.75. The first-order valence-corrected chi connectivity index (χ1v) is 3.53. The highest BCUT2D eigenvalue weighted by atomic mass is 16.3. The summed E-state index contributed by atoms with van der Waals surface area (Å²) in [6.07, 6.45) is 1.63. The van der Waals surface area contributed by atoms with Gasteiger partial charge in [0.2, 0.25) is 0 Å². The zero-order valence-electron chi connectivity index (χ0n) is 5.54. The predicted octanol–water partition coefficient (Wildman–Crippen LogP) is 0.138. The average molecular weight is 128 g/mol. The maximum Gasteiger partial charge on any atom is 0.0908 e. The zero-order chi connectivity index (χ0) is 6.65. The molecule has 3 saturated carbocycles. The van der Waals surface area contributed by atoms with Gasteiger partial charge in [-0.05, 0) is 31.6 Å². The minimum absolute atomic E-state index is 0.387. The summed E-state index contributed by atoms with van der Waals surface area (Å²) < 4.78 is 0. The van der Waals surface area contributed by atoms with Crippen LogP contribution in [0.25, 0.3) is 0 Å². The molecule has 0 aliphatic heterocycles. The molecule has 0 heterocycles. The number of fused-ring (bicyclic) bond motifs is 1. The molecule has 0 aromatic rings. The highest BCUT2D eigenvalue weighted by molar-refractivity contribution is 5.09. The SMILES string of the molecule is CC1(O)C2CC(C2)C1O. The molecular formula is C7H12O2. The molecule has 2 N–H and O–H groups in total. The van der Waals surface area contributed by atoms with E-state index in [-0.39, 0.29) is 0 Å². The van der Waals surface area contributed by atoms with Crippen molar-refractivity contribution < 1.29 is 10.2 Å². The van der Waals surface area contributed by atoms with Crippen LogP contribution < -0.4 is 0 Å². The van der Waals surface area contributed by atoms with E-state index in [1.54, 1.807) is 6.92 Å². The van der Waals surface area contributed by atoms with Gasteiger partial charge in [-0.15, -0.1) is 0 Å². The van der Waals surface area contributed by atoms with Crippen molar-refractivity contribution in [3.05, 3.63) is 0 Å². The Morgan fingerprint density at radius 2 is 2.00 bits per heavy atom. The number of aliphatic hydroxyl groups is 2. The molecular weight excluding hydrogens is 116 g/mol. The van der Waals surface area contributed by atoms with E-state index >= 15 is 0 Å². The van der Waals surface area contributed by atoms with Crippen LogP contribution in [0.5, 0.6) is 0 Å². The van der Waals surface area contributed by atoms with Crippen molar-refractivity contribution in [3.8, 4) is 0 Å². The normalized spacial score (nSPS) is 63.7. The fourth-order valence-corrected chi connectivity index (χ4v) is 2.12. The first-order valence-electron chi connectivity index (χ1n) is 3.53. The first kappa shape index (κ1) is 5.69.